The van der Waals surface area contributed by atoms with Crippen LogP contribution in [0.2, 0.25) is 20.1 Å². The van der Waals surface area contributed by atoms with Gasteiger partial charge in [-0.25, -0.2) is 9.79 Å². The molecule has 2 aromatic heterocycles. The summed E-state index contributed by atoms with van der Waals surface area (Å²) in [5.74, 6) is 1.20. The number of halogens is 4. The summed E-state index contributed by atoms with van der Waals surface area (Å²) in [6, 6.07) is 18.2. The number of ether oxygens (including phenoxy) is 3. The first-order valence-electron chi connectivity index (χ1n) is 14.6. The molecule has 0 aliphatic carbocycles. The van der Waals surface area contributed by atoms with E-state index in [2.05, 4.69) is 4.99 Å². The number of esters is 1. The maximum atomic E-state index is 14.1. The molecule has 6 rings (SSSR count). The monoisotopic (exact) mass is 742 g/mol. The first-order valence-corrected chi connectivity index (χ1v) is 16.9. The molecule has 0 amide bonds. The largest absolute Gasteiger partial charge is 0.493 e. The second-order valence-electron chi connectivity index (χ2n) is 10.6. The van der Waals surface area contributed by atoms with Gasteiger partial charge in [-0.3, -0.25) is 9.36 Å². The molecule has 0 spiro atoms. The van der Waals surface area contributed by atoms with Crippen LogP contribution in [0.4, 0.5) is 0 Å². The van der Waals surface area contributed by atoms with Gasteiger partial charge in [0.15, 0.2) is 16.3 Å². The number of carbonyl (C=O) groups is 1. The molecule has 1 aliphatic heterocycles. The lowest BCUT2D eigenvalue weighted by atomic mass is 10.0. The molecule has 3 aromatic carbocycles. The standard InChI is InChI=1S/C35H26Cl4N2O6S/c1-4-45-34(43)31-18(2)40-35-41(32(31)28-12-11-26(47-28)20-7-9-23(37)25(39)15-20)33(42)30(48-35)14-19-5-10-27(29(13-19)44-3)46-17-21-6-8-22(36)16-24(21)38/h5-16,32H,4,17H2,1-3H3/b30-14-/t32-/m1/s1. The summed E-state index contributed by atoms with van der Waals surface area (Å²) >= 11 is 25.9. The Morgan fingerprint density at radius 3 is 2.52 bits per heavy atom. The zero-order chi connectivity index (χ0) is 34.1. The Bertz CT molecular complexity index is 2270. The van der Waals surface area contributed by atoms with Crippen molar-refractivity contribution in [3.63, 3.8) is 0 Å². The average molecular weight is 744 g/mol. The zero-order valence-corrected chi connectivity index (χ0v) is 29.5. The van der Waals surface area contributed by atoms with E-state index in [1.807, 2.05) is 6.07 Å². The minimum Gasteiger partial charge on any atom is -0.493 e. The number of allylic oxidation sites excluding steroid dienone is 1. The molecule has 0 saturated carbocycles. The van der Waals surface area contributed by atoms with Crippen LogP contribution in [0.3, 0.4) is 0 Å². The summed E-state index contributed by atoms with van der Waals surface area (Å²) in [6.07, 6.45) is 1.73. The van der Waals surface area contributed by atoms with Crippen LogP contribution in [0.5, 0.6) is 11.5 Å². The Kier molecular flexibility index (Phi) is 10.1. The maximum Gasteiger partial charge on any atom is 0.338 e. The Balaban J connectivity index is 1.38. The third-order valence-electron chi connectivity index (χ3n) is 7.50. The molecule has 3 heterocycles. The van der Waals surface area contributed by atoms with Crippen molar-refractivity contribution >= 4 is 69.8 Å². The van der Waals surface area contributed by atoms with Crippen LogP contribution in [-0.2, 0) is 16.1 Å². The van der Waals surface area contributed by atoms with Gasteiger partial charge in [0.05, 0.1) is 39.6 Å². The SMILES string of the molecule is CCOC(=O)C1=C(C)N=c2s/c(=C\c3ccc(OCc4ccc(Cl)cc4Cl)c(OC)c3)c(=O)n2[C@@H]1c1ccc(-c2ccc(Cl)c(Cl)c2)o1. The topological polar surface area (TPSA) is 92.3 Å². The van der Waals surface area contributed by atoms with Crippen LogP contribution in [0.1, 0.15) is 36.8 Å². The Hall–Kier alpha value is -3.99. The number of furan rings is 1. The number of fused-ring (bicyclic) bond motifs is 1. The van der Waals surface area contributed by atoms with Gasteiger partial charge >= 0.3 is 5.97 Å². The number of thiazole rings is 1. The minimum absolute atomic E-state index is 0.147. The lowest BCUT2D eigenvalue weighted by Crippen LogP contribution is -2.39. The zero-order valence-electron chi connectivity index (χ0n) is 25.7. The fraction of sp³-hybridized carbons (Fsp3) is 0.171. The molecule has 13 heteroatoms. The maximum absolute atomic E-state index is 14.1. The molecule has 0 N–H and O–H groups in total. The molecular weight excluding hydrogens is 718 g/mol. The van der Waals surface area contributed by atoms with Gasteiger partial charge in [-0.1, -0.05) is 69.9 Å². The summed E-state index contributed by atoms with van der Waals surface area (Å²) in [5, 5.41) is 1.80. The molecule has 1 aliphatic rings. The molecule has 0 saturated heterocycles. The van der Waals surface area contributed by atoms with Crippen molar-refractivity contribution in [1.82, 2.24) is 4.57 Å². The van der Waals surface area contributed by atoms with E-state index in [1.165, 1.54) is 23.0 Å². The van der Waals surface area contributed by atoms with Gasteiger partial charge in [0, 0.05) is 21.2 Å². The predicted molar refractivity (Wildman–Crippen MR) is 188 cm³/mol. The molecule has 8 nitrogen and oxygen atoms in total. The number of methoxy groups -OCH3 is 1. The van der Waals surface area contributed by atoms with Crippen molar-refractivity contribution < 1.29 is 23.4 Å². The molecular formula is C35H26Cl4N2O6S. The summed E-state index contributed by atoms with van der Waals surface area (Å²) < 4.78 is 25.1. The van der Waals surface area contributed by atoms with Crippen molar-refractivity contribution in [3.8, 4) is 22.8 Å². The summed E-state index contributed by atoms with van der Waals surface area (Å²) in [6.45, 7) is 3.77. The van der Waals surface area contributed by atoms with Gasteiger partial charge in [0.2, 0.25) is 0 Å². The lowest BCUT2D eigenvalue weighted by molar-refractivity contribution is -0.139. The van der Waals surface area contributed by atoms with Crippen molar-refractivity contribution in [1.29, 1.82) is 0 Å². The fourth-order valence-corrected chi connectivity index (χ4v) is 7.01. The molecule has 0 unspecified atom stereocenters. The van der Waals surface area contributed by atoms with Crippen molar-refractivity contribution in [2.75, 3.05) is 13.7 Å². The van der Waals surface area contributed by atoms with E-state index in [1.54, 1.807) is 80.6 Å². The van der Waals surface area contributed by atoms with Gasteiger partial charge in [0.25, 0.3) is 5.56 Å². The number of carbonyl (C=O) groups excluding carboxylic acids is 1. The van der Waals surface area contributed by atoms with Crippen LogP contribution < -0.4 is 24.4 Å². The number of hydrogen-bond donors (Lipinski definition) is 0. The number of aromatic nitrogens is 1. The van der Waals surface area contributed by atoms with Crippen LogP contribution in [0.25, 0.3) is 17.4 Å². The van der Waals surface area contributed by atoms with Gasteiger partial charge in [-0.15, -0.1) is 0 Å². The molecule has 1 atom stereocenters. The highest BCUT2D eigenvalue weighted by Crippen LogP contribution is 2.36. The lowest BCUT2D eigenvalue weighted by Gasteiger charge is -2.22. The molecule has 246 valence electrons. The van der Waals surface area contributed by atoms with E-state index in [0.29, 0.717) is 69.3 Å². The molecule has 0 fully saturated rings. The van der Waals surface area contributed by atoms with E-state index in [-0.39, 0.29) is 24.3 Å². The van der Waals surface area contributed by atoms with E-state index < -0.39 is 12.0 Å². The number of nitrogens with zero attached hydrogens (tertiary/aromatic N) is 2. The third-order valence-corrected chi connectivity index (χ3v) is 9.81. The summed E-state index contributed by atoms with van der Waals surface area (Å²) in [4.78, 5) is 32.4. The molecule has 0 bridgehead atoms. The van der Waals surface area contributed by atoms with E-state index in [0.717, 1.165) is 5.56 Å². The van der Waals surface area contributed by atoms with Crippen molar-refractivity contribution in [2.45, 2.75) is 26.5 Å². The van der Waals surface area contributed by atoms with Crippen LogP contribution in [0, 0.1) is 0 Å². The van der Waals surface area contributed by atoms with Crippen molar-refractivity contribution in [3.05, 3.63) is 135 Å². The van der Waals surface area contributed by atoms with Crippen molar-refractivity contribution in [2.24, 2.45) is 4.99 Å². The first kappa shape index (κ1) is 33.9. The predicted octanol–water partition coefficient (Wildman–Crippen LogP) is 8.26. The summed E-state index contributed by atoms with van der Waals surface area (Å²) in [5.41, 5.74) is 2.39. The van der Waals surface area contributed by atoms with Crippen LogP contribution in [-0.4, -0.2) is 24.3 Å². The summed E-state index contributed by atoms with van der Waals surface area (Å²) in [7, 11) is 1.53. The third kappa shape index (κ3) is 6.79. The fourth-order valence-electron chi connectivity index (χ4n) is 5.20. The molecule has 5 aromatic rings. The van der Waals surface area contributed by atoms with E-state index in [9.17, 15) is 9.59 Å². The Morgan fingerprint density at radius 2 is 1.79 bits per heavy atom. The number of rotatable bonds is 9. The van der Waals surface area contributed by atoms with Crippen LogP contribution >= 0.6 is 57.7 Å². The highest BCUT2D eigenvalue weighted by molar-refractivity contribution is 7.07. The first-order chi connectivity index (χ1) is 23.1. The smallest absolute Gasteiger partial charge is 0.338 e. The Labute approximate surface area is 299 Å². The van der Waals surface area contributed by atoms with Gasteiger partial charge in [-0.2, -0.15) is 0 Å². The second kappa shape index (κ2) is 14.2. The quantitative estimate of drug-likeness (QED) is 0.141. The highest BCUT2D eigenvalue weighted by atomic mass is 35.5. The van der Waals surface area contributed by atoms with Gasteiger partial charge < -0.3 is 18.6 Å². The minimum atomic E-state index is -0.927. The highest BCUT2D eigenvalue weighted by Gasteiger charge is 2.35. The second-order valence-corrected chi connectivity index (χ2v) is 13.2. The van der Waals surface area contributed by atoms with Crippen LogP contribution in [0.15, 0.2) is 92.2 Å². The number of hydrogen-bond acceptors (Lipinski definition) is 8. The molecule has 48 heavy (non-hydrogen) atoms. The van der Waals surface area contributed by atoms with Gasteiger partial charge in [-0.05, 0) is 80.1 Å². The molecule has 0 radical (unpaired) electrons. The average Bonchev–Trinajstić information content (AvgIpc) is 3.66. The number of benzene rings is 3. The normalized spacial score (nSPS) is 14.5. The van der Waals surface area contributed by atoms with Gasteiger partial charge in [0.1, 0.15) is 24.2 Å². The van der Waals surface area contributed by atoms with E-state index >= 15 is 0 Å². The van der Waals surface area contributed by atoms with E-state index in [4.69, 9.17) is 65.0 Å². The Morgan fingerprint density at radius 1 is 0.979 bits per heavy atom.